The van der Waals surface area contributed by atoms with E-state index >= 15 is 0 Å². The predicted octanol–water partition coefficient (Wildman–Crippen LogP) is 3.58. The Bertz CT molecular complexity index is 1000. The van der Waals surface area contributed by atoms with Crippen molar-refractivity contribution in [2.75, 3.05) is 12.4 Å². The Hall–Kier alpha value is -3.67. The number of hydrogen-bond donors (Lipinski definition) is 2. The maximum Gasteiger partial charge on any atom is 0.274 e. The number of anilines is 1. The molecule has 0 fully saturated rings. The maximum absolute atomic E-state index is 12.5. The Balaban J connectivity index is 1.70. The summed E-state index contributed by atoms with van der Waals surface area (Å²) in [5.74, 6) is -0.212. The zero-order valence-corrected chi connectivity index (χ0v) is 15.7. The van der Waals surface area contributed by atoms with Crippen molar-refractivity contribution in [2.24, 2.45) is 0 Å². The summed E-state index contributed by atoms with van der Waals surface area (Å²) in [7, 11) is 1.53. The van der Waals surface area contributed by atoms with E-state index in [0.717, 1.165) is 11.1 Å². The average Bonchev–Trinajstić information content (AvgIpc) is 2.73. The number of rotatable bonds is 6. The van der Waals surface area contributed by atoms with Gasteiger partial charge in [-0.05, 0) is 42.3 Å². The Labute approximate surface area is 163 Å². The molecule has 0 unspecified atom stereocenters. The van der Waals surface area contributed by atoms with Gasteiger partial charge in [-0.15, -0.1) is 0 Å². The number of carbonyl (C=O) groups is 2. The number of nitrogens with one attached hydrogen (secondary N) is 2. The normalized spacial score (nSPS) is 10.2. The molecule has 6 heteroatoms. The van der Waals surface area contributed by atoms with Crippen LogP contribution in [0.4, 0.5) is 5.69 Å². The third-order valence-electron chi connectivity index (χ3n) is 4.27. The first-order chi connectivity index (χ1) is 13.6. The highest BCUT2D eigenvalue weighted by atomic mass is 16.5. The molecule has 6 nitrogen and oxygen atoms in total. The third kappa shape index (κ3) is 4.54. The van der Waals surface area contributed by atoms with Crippen LogP contribution in [0.5, 0.6) is 5.75 Å². The molecule has 2 amide bonds. The fraction of sp³-hybridized carbons (Fsp3) is 0.136. The fourth-order valence-corrected chi connectivity index (χ4v) is 2.70. The topological polar surface area (TPSA) is 80.3 Å². The minimum Gasteiger partial charge on any atom is -0.495 e. The van der Waals surface area contributed by atoms with Gasteiger partial charge in [0.1, 0.15) is 17.1 Å². The first-order valence-corrected chi connectivity index (χ1v) is 8.82. The van der Waals surface area contributed by atoms with Gasteiger partial charge in [0, 0.05) is 6.54 Å². The van der Waals surface area contributed by atoms with E-state index < -0.39 is 5.91 Å². The highest BCUT2D eigenvalue weighted by Crippen LogP contribution is 2.23. The van der Waals surface area contributed by atoms with Crippen LogP contribution in [-0.4, -0.2) is 23.9 Å². The van der Waals surface area contributed by atoms with Crippen molar-refractivity contribution in [2.45, 2.75) is 13.5 Å². The number of carbonyl (C=O) groups excluding carboxylic acids is 2. The molecule has 3 aromatic rings. The Kier molecular flexibility index (Phi) is 6.01. The Morgan fingerprint density at radius 2 is 1.57 bits per heavy atom. The summed E-state index contributed by atoms with van der Waals surface area (Å²) in [4.78, 5) is 29.2. The highest BCUT2D eigenvalue weighted by molar-refractivity contribution is 6.04. The van der Waals surface area contributed by atoms with Gasteiger partial charge in [-0.1, -0.05) is 42.5 Å². The fourth-order valence-electron chi connectivity index (χ4n) is 2.70. The standard InChI is InChI=1S/C22H21N3O3/c1-15-8-3-4-9-16(15)14-23-21(26)18-11-7-12-19(24-18)22(27)25-17-10-5-6-13-20(17)28-2/h3-13H,14H2,1-2H3,(H,23,26)(H,25,27). The van der Waals surface area contributed by atoms with E-state index in [0.29, 0.717) is 18.0 Å². The molecule has 1 heterocycles. The number of hydrogen-bond acceptors (Lipinski definition) is 4. The lowest BCUT2D eigenvalue weighted by atomic mass is 10.1. The van der Waals surface area contributed by atoms with E-state index in [2.05, 4.69) is 15.6 Å². The molecule has 0 aliphatic carbocycles. The molecule has 0 atom stereocenters. The average molecular weight is 375 g/mol. The van der Waals surface area contributed by atoms with Gasteiger partial charge < -0.3 is 15.4 Å². The van der Waals surface area contributed by atoms with E-state index in [1.54, 1.807) is 36.4 Å². The van der Waals surface area contributed by atoms with Crippen molar-refractivity contribution < 1.29 is 14.3 Å². The van der Waals surface area contributed by atoms with Crippen molar-refractivity contribution >= 4 is 17.5 Å². The molecule has 2 N–H and O–H groups in total. The molecule has 0 aliphatic heterocycles. The summed E-state index contributed by atoms with van der Waals surface area (Å²) in [6.07, 6.45) is 0. The predicted molar refractivity (Wildman–Crippen MR) is 108 cm³/mol. The zero-order chi connectivity index (χ0) is 19.9. The number of methoxy groups -OCH3 is 1. The number of benzene rings is 2. The van der Waals surface area contributed by atoms with Gasteiger partial charge in [-0.25, -0.2) is 4.98 Å². The molecule has 0 radical (unpaired) electrons. The van der Waals surface area contributed by atoms with E-state index in [-0.39, 0.29) is 17.3 Å². The number of ether oxygens (including phenoxy) is 1. The van der Waals surface area contributed by atoms with E-state index in [1.165, 1.54) is 7.11 Å². The molecule has 0 saturated carbocycles. The Morgan fingerprint density at radius 1 is 0.893 bits per heavy atom. The molecule has 0 saturated heterocycles. The largest absolute Gasteiger partial charge is 0.495 e. The summed E-state index contributed by atoms with van der Waals surface area (Å²) in [5, 5.41) is 5.59. The number of para-hydroxylation sites is 2. The Morgan fingerprint density at radius 3 is 2.32 bits per heavy atom. The lowest BCUT2D eigenvalue weighted by Crippen LogP contribution is -2.25. The second-order valence-corrected chi connectivity index (χ2v) is 6.17. The van der Waals surface area contributed by atoms with Crippen LogP contribution in [0.25, 0.3) is 0 Å². The van der Waals surface area contributed by atoms with Gasteiger partial charge in [0.15, 0.2) is 0 Å². The number of aromatic nitrogens is 1. The van der Waals surface area contributed by atoms with Crippen LogP contribution in [0.3, 0.4) is 0 Å². The molecule has 28 heavy (non-hydrogen) atoms. The number of amides is 2. The summed E-state index contributed by atoms with van der Waals surface area (Å²) < 4.78 is 5.23. The van der Waals surface area contributed by atoms with Crippen LogP contribution in [0, 0.1) is 6.92 Å². The second-order valence-electron chi connectivity index (χ2n) is 6.17. The van der Waals surface area contributed by atoms with Gasteiger partial charge in [-0.3, -0.25) is 9.59 Å². The number of aryl methyl sites for hydroxylation is 1. The summed E-state index contributed by atoms with van der Waals surface area (Å²) in [6.45, 7) is 2.38. The van der Waals surface area contributed by atoms with E-state index in [1.807, 2.05) is 37.3 Å². The quantitative estimate of drug-likeness (QED) is 0.690. The van der Waals surface area contributed by atoms with Crippen LogP contribution in [0.1, 0.15) is 32.1 Å². The van der Waals surface area contributed by atoms with Crippen molar-refractivity contribution in [3.8, 4) is 5.75 Å². The molecule has 3 rings (SSSR count). The minimum absolute atomic E-state index is 0.148. The highest BCUT2D eigenvalue weighted by Gasteiger charge is 2.14. The first-order valence-electron chi connectivity index (χ1n) is 8.82. The van der Waals surface area contributed by atoms with Crippen LogP contribution in [-0.2, 0) is 6.54 Å². The summed E-state index contributed by atoms with van der Waals surface area (Å²) >= 11 is 0. The van der Waals surface area contributed by atoms with Crippen molar-refractivity contribution in [1.29, 1.82) is 0 Å². The second kappa shape index (κ2) is 8.81. The lowest BCUT2D eigenvalue weighted by molar-refractivity contribution is 0.0945. The third-order valence-corrected chi connectivity index (χ3v) is 4.27. The van der Waals surface area contributed by atoms with Gasteiger partial charge >= 0.3 is 0 Å². The summed E-state index contributed by atoms with van der Waals surface area (Å²) in [6, 6.07) is 19.7. The summed E-state index contributed by atoms with van der Waals surface area (Å²) in [5.41, 5.74) is 2.99. The molecule has 2 aromatic carbocycles. The van der Waals surface area contributed by atoms with Crippen molar-refractivity contribution in [3.05, 3.63) is 89.2 Å². The number of nitrogens with zero attached hydrogens (tertiary/aromatic N) is 1. The van der Waals surface area contributed by atoms with Crippen LogP contribution in [0.2, 0.25) is 0 Å². The molecule has 0 spiro atoms. The first kappa shape index (κ1) is 19.1. The van der Waals surface area contributed by atoms with Gasteiger partial charge in [0.25, 0.3) is 11.8 Å². The molecule has 0 aliphatic rings. The number of pyridine rings is 1. The molecular weight excluding hydrogens is 354 g/mol. The molecule has 0 bridgehead atoms. The van der Waals surface area contributed by atoms with Crippen LogP contribution >= 0.6 is 0 Å². The molecule has 1 aromatic heterocycles. The monoisotopic (exact) mass is 375 g/mol. The van der Waals surface area contributed by atoms with Gasteiger partial charge in [-0.2, -0.15) is 0 Å². The minimum atomic E-state index is -0.418. The van der Waals surface area contributed by atoms with Gasteiger partial charge in [0.2, 0.25) is 0 Å². The molecular formula is C22H21N3O3. The SMILES string of the molecule is COc1ccccc1NC(=O)c1cccc(C(=O)NCc2ccccc2C)n1. The van der Waals surface area contributed by atoms with Crippen LogP contribution < -0.4 is 15.4 Å². The molecule has 142 valence electrons. The van der Waals surface area contributed by atoms with E-state index in [9.17, 15) is 9.59 Å². The van der Waals surface area contributed by atoms with Gasteiger partial charge in [0.05, 0.1) is 12.8 Å². The maximum atomic E-state index is 12.5. The zero-order valence-electron chi connectivity index (χ0n) is 15.7. The van der Waals surface area contributed by atoms with Crippen LogP contribution in [0.15, 0.2) is 66.7 Å². The van der Waals surface area contributed by atoms with E-state index in [4.69, 9.17) is 4.74 Å². The lowest BCUT2D eigenvalue weighted by Gasteiger charge is -2.10. The smallest absolute Gasteiger partial charge is 0.274 e. The van der Waals surface area contributed by atoms with Crippen molar-refractivity contribution in [1.82, 2.24) is 10.3 Å². The van der Waals surface area contributed by atoms with Crippen molar-refractivity contribution in [3.63, 3.8) is 0 Å².